The molecular weight excluding hydrogens is 294 g/mol. The molecule has 0 bridgehead atoms. The van der Waals surface area contributed by atoms with Crippen molar-refractivity contribution in [3.63, 3.8) is 0 Å². The summed E-state index contributed by atoms with van der Waals surface area (Å²) in [5.74, 6) is 1.83. The van der Waals surface area contributed by atoms with Crippen LogP contribution in [0.3, 0.4) is 0 Å². The molecule has 0 saturated carbocycles. The maximum atomic E-state index is 11.9. The van der Waals surface area contributed by atoms with Crippen LogP contribution in [-0.4, -0.2) is 30.2 Å². The topological polar surface area (TPSA) is 67.5 Å². The van der Waals surface area contributed by atoms with Gasteiger partial charge >= 0.3 is 0 Å². The number of aromatic amines is 1. The Kier molecular flexibility index (Phi) is 5.62. The fourth-order valence-corrected chi connectivity index (χ4v) is 2.31. The number of methoxy groups -OCH3 is 1. The molecule has 0 saturated heterocycles. The molecule has 1 N–H and O–H groups in total. The number of aromatic nitrogens is 2. The molecule has 0 radical (unpaired) electrons. The number of hydrogen-bond acceptors (Lipinski definition) is 5. The summed E-state index contributed by atoms with van der Waals surface area (Å²) in [7, 11) is 1.59. The molecule has 0 spiro atoms. The third kappa shape index (κ3) is 4.03. The van der Waals surface area contributed by atoms with Crippen molar-refractivity contribution in [2.45, 2.75) is 26.9 Å². The Labute approximate surface area is 136 Å². The first-order valence-electron chi connectivity index (χ1n) is 7.74. The van der Waals surface area contributed by atoms with Gasteiger partial charge in [-0.2, -0.15) is 0 Å². The Morgan fingerprint density at radius 2 is 1.87 bits per heavy atom. The zero-order valence-electron chi connectivity index (χ0n) is 14.0. The van der Waals surface area contributed by atoms with E-state index in [4.69, 9.17) is 9.47 Å². The van der Waals surface area contributed by atoms with E-state index in [1.165, 1.54) is 6.07 Å². The minimum absolute atomic E-state index is 0.188. The van der Waals surface area contributed by atoms with E-state index in [9.17, 15) is 4.79 Å². The van der Waals surface area contributed by atoms with Crippen molar-refractivity contribution in [3.8, 4) is 11.5 Å². The molecule has 2 rings (SSSR count). The van der Waals surface area contributed by atoms with Crippen LogP contribution in [0.2, 0.25) is 0 Å². The van der Waals surface area contributed by atoms with E-state index in [2.05, 4.69) is 9.97 Å². The van der Waals surface area contributed by atoms with Gasteiger partial charge in [-0.05, 0) is 32.9 Å². The third-order valence-electron chi connectivity index (χ3n) is 3.60. The molecule has 0 fully saturated rings. The molecule has 0 aliphatic carbocycles. The first-order chi connectivity index (χ1) is 11.1. The summed E-state index contributed by atoms with van der Waals surface area (Å²) in [4.78, 5) is 21.2. The predicted octanol–water partition coefficient (Wildman–Crippen LogP) is 2.76. The third-order valence-corrected chi connectivity index (χ3v) is 3.60. The monoisotopic (exact) mass is 317 g/mol. The SMILES string of the molecule is CCN(CC)c1nc(C(C)Oc2ccccc2OC)cc(=O)[nH]1. The van der Waals surface area contributed by atoms with Gasteiger partial charge in [-0.15, -0.1) is 0 Å². The summed E-state index contributed by atoms with van der Waals surface area (Å²) in [6.07, 6.45) is -0.372. The molecule has 124 valence electrons. The highest BCUT2D eigenvalue weighted by molar-refractivity contribution is 5.40. The van der Waals surface area contributed by atoms with E-state index >= 15 is 0 Å². The van der Waals surface area contributed by atoms with Gasteiger partial charge in [0, 0.05) is 19.2 Å². The number of benzene rings is 1. The van der Waals surface area contributed by atoms with Crippen LogP contribution in [0.5, 0.6) is 11.5 Å². The second kappa shape index (κ2) is 7.67. The van der Waals surface area contributed by atoms with E-state index in [1.807, 2.05) is 49.9 Å². The minimum Gasteiger partial charge on any atom is -0.493 e. The highest BCUT2D eigenvalue weighted by Crippen LogP contribution is 2.30. The number of ether oxygens (including phenoxy) is 2. The van der Waals surface area contributed by atoms with Crippen molar-refractivity contribution < 1.29 is 9.47 Å². The highest BCUT2D eigenvalue weighted by Gasteiger charge is 2.15. The summed E-state index contributed by atoms with van der Waals surface area (Å²) in [6.45, 7) is 7.44. The predicted molar refractivity (Wildman–Crippen MR) is 90.5 cm³/mol. The number of nitrogens with one attached hydrogen (secondary N) is 1. The Bertz CT molecular complexity index is 695. The molecule has 6 nitrogen and oxygen atoms in total. The average molecular weight is 317 g/mol. The summed E-state index contributed by atoms with van der Waals surface area (Å²) >= 11 is 0. The van der Waals surface area contributed by atoms with Gasteiger partial charge in [-0.25, -0.2) is 4.98 Å². The number of nitrogens with zero attached hydrogens (tertiary/aromatic N) is 2. The van der Waals surface area contributed by atoms with Crippen LogP contribution < -0.4 is 19.9 Å². The highest BCUT2D eigenvalue weighted by atomic mass is 16.5. The maximum Gasteiger partial charge on any atom is 0.252 e. The summed E-state index contributed by atoms with van der Waals surface area (Å²) in [5, 5.41) is 0. The zero-order valence-corrected chi connectivity index (χ0v) is 14.0. The standard InChI is InChI=1S/C17H23N3O3/c1-5-20(6-2)17-18-13(11-16(21)19-17)12(3)23-15-10-8-7-9-14(15)22-4/h7-12H,5-6H2,1-4H3,(H,18,19,21). The summed E-state index contributed by atoms with van der Waals surface area (Å²) in [6, 6.07) is 8.87. The molecule has 0 aliphatic heterocycles. The minimum atomic E-state index is -0.372. The van der Waals surface area contributed by atoms with Gasteiger partial charge in [0.15, 0.2) is 11.5 Å². The number of anilines is 1. The van der Waals surface area contributed by atoms with E-state index in [0.29, 0.717) is 23.1 Å². The first kappa shape index (κ1) is 16.9. The molecule has 0 amide bonds. The molecule has 1 heterocycles. The molecule has 1 aromatic heterocycles. The lowest BCUT2D eigenvalue weighted by atomic mass is 10.2. The van der Waals surface area contributed by atoms with Crippen molar-refractivity contribution in [1.82, 2.24) is 9.97 Å². The number of H-pyrrole nitrogens is 1. The van der Waals surface area contributed by atoms with Gasteiger partial charge in [-0.3, -0.25) is 9.78 Å². The van der Waals surface area contributed by atoms with Crippen LogP contribution in [0.4, 0.5) is 5.95 Å². The number of hydrogen-bond donors (Lipinski definition) is 1. The van der Waals surface area contributed by atoms with Crippen molar-refractivity contribution in [3.05, 3.63) is 46.4 Å². The van der Waals surface area contributed by atoms with Crippen LogP contribution >= 0.6 is 0 Å². The summed E-state index contributed by atoms with van der Waals surface area (Å²) < 4.78 is 11.2. The van der Waals surface area contributed by atoms with Gasteiger partial charge in [0.1, 0.15) is 6.10 Å². The van der Waals surface area contributed by atoms with Gasteiger partial charge in [0.05, 0.1) is 12.8 Å². The Balaban J connectivity index is 2.28. The fraction of sp³-hybridized carbons (Fsp3) is 0.412. The molecule has 23 heavy (non-hydrogen) atoms. The second-order valence-corrected chi connectivity index (χ2v) is 5.08. The molecular formula is C17H23N3O3. The number of para-hydroxylation sites is 2. The lowest BCUT2D eigenvalue weighted by Gasteiger charge is -2.21. The lowest BCUT2D eigenvalue weighted by Crippen LogP contribution is -2.27. The second-order valence-electron chi connectivity index (χ2n) is 5.08. The van der Waals surface area contributed by atoms with Crippen molar-refractivity contribution >= 4 is 5.95 Å². The van der Waals surface area contributed by atoms with Crippen molar-refractivity contribution in [2.75, 3.05) is 25.1 Å². The van der Waals surface area contributed by atoms with Crippen LogP contribution in [0.25, 0.3) is 0 Å². The lowest BCUT2D eigenvalue weighted by molar-refractivity contribution is 0.211. The molecule has 1 aromatic carbocycles. The van der Waals surface area contributed by atoms with Gasteiger partial charge in [-0.1, -0.05) is 12.1 Å². The van der Waals surface area contributed by atoms with Crippen LogP contribution in [-0.2, 0) is 0 Å². The average Bonchev–Trinajstić information content (AvgIpc) is 2.56. The quantitative estimate of drug-likeness (QED) is 0.850. The van der Waals surface area contributed by atoms with E-state index in [0.717, 1.165) is 13.1 Å². The largest absolute Gasteiger partial charge is 0.493 e. The van der Waals surface area contributed by atoms with Crippen LogP contribution in [0, 0.1) is 0 Å². The normalized spacial score (nSPS) is 11.8. The van der Waals surface area contributed by atoms with Crippen LogP contribution in [0.1, 0.15) is 32.6 Å². The molecule has 1 unspecified atom stereocenters. The Morgan fingerprint density at radius 3 is 2.48 bits per heavy atom. The Morgan fingerprint density at radius 1 is 1.22 bits per heavy atom. The molecule has 6 heteroatoms. The molecule has 1 atom stereocenters. The Hall–Kier alpha value is -2.50. The molecule has 2 aromatic rings. The molecule has 0 aliphatic rings. The zero-order chi connectivity index (χ0) is 16.8. The maximum absolute atomic E-state index is 11.9. The van der Waals surface area contributed by atoms with E-state index in [-0.39, 0.29) is 11.7 Å². The van der Waals surface area contributed by atoms with Gasteiger partial charge in [0.2, 0.25) is 5.95 Å². The smallest absolute Gasteiger partial charge is 0.252 e. The van der Waals surface area contributed by atoms with Crippen molar-refractivity contribution in [1.29, 1.82) is 0 Å². The first-order valence-corrected chi connectivity index (χ1v) is 7.74. The number of rotatable bonds is 7. The van der Waals surface area contributed by atoms with E-state index < -0.39 is 0 Å². The van der Waals surface area contributed by atoms with Crippen molar-refractivity contribution in [2.24, 2.45) is 0 Å². The van der Waals surface area contributed by atoms with Gasteiger partial charge < -0.3 is 14.4 Å². The van der Waals surface area contributed by atoms with Crippen LogP contribution in [0.15, 0.2) is 35.1 Å². The summed E-state index contributed by atoms with van der Waals surface area (Å²) in [5.41, 5.74) is 0.397. The fourth-order valence-electron chi connectivity index (χ4n) is 2.31. The van der Waals surface area contributed by atoms with Gasteiger partial charge in [0.25, 0.3) is 5.56 Å². The van der Waals surface area contributed by atoms with E-state index in [1.54, 1.807) is 7.11 Å².